The van der Waals surface area contributed by atoms with Gasteiger partial charge >= 0.3 is 22.8 Å². The molecule has 0 atom stereocenters. The van der Waals surface area contributed by atoms with E-state index in [0.717, 1.165) is 0 Å². The van der Waals surface area contributed by atoms with Gasteiger partial charge in [-0.05, 0) is 91.1 Å². The zero-order chi connectivity index (χ0) is 41.7. The van der Waals surface area contributed by atoms with Crippen LogP contribution in [-0.4, -0.2) is 33.8 Å². The Bertz CT molecular complexity index is 2780. The van der Waals surface area contributed by atoms with Crippen molar-refractivity contribution in [3.8, 4) is 44.5 Å². The molecule has 0 aliphatic carbocycles. The summed E-state index contributed by atoms with van der Waals surface area (Å²) in [5.41, 5.74) is 8.39. The molecule has 0 spiro atoms. The van der Waals surface area contributed by atoms with Crippen LogP contribution in [0.4, 0.5) is 0 Å². The van der Waals surface area contributed by atoms with Crippen molar-refractivity contribution < 1.29 is 62.4 Å². The molecule has 1 radical (unpaired) electrons. The van der Waals surface area contributed by atoms with Crippen LogP contribution in [0.2, 0.25) is 0 Å². The number of benzene rings is 4. The Balaban J connectivity index is 0.00000185. The van der Waals surface area contributed by atoms with E-state index in [9.17, 15) is 39.6 Å². The molecule has 0 saturated carbocycles. The minimum atomic E-state index is -1.34. The maximum absolute atomic E-state index is 11.7. The topological polar surface area (TPSA) is 214 Å². The normalized spacial score (nSPS) is 11.5. The zero-order valence-corrected chi connectivity index (χ0v) is 32.5. The predicted molar refractivity (Wildman–Crippen MR) is 220 cm³/mol. The van der Waals surface area contributed by atoms with Crippen molar-refractivity contribution >= 4 is 70.2 Å². The molecular formula is C48H28MnN4O8. The molecule has 0 saturated heterocycles. The van der Waals surface area contributed by atoms with E-state index in [1.54, 1.807) is 97.1 Å². The summed E-state index contributed by atoms with van der Waals surface area (Å²) in [5, 5.41) is 46.8. The molecule has 4 aromatic carbocycles. The summed E-state index contributed by atoms with van der Waals surface area (Å²) in [6.45, 7) is 0. The van der Waals surface area contributed by atoms with Gasteiger partial charge in [-0.2, -0.15) is 0 Å². The number of aromatic carboxylic acids is 4. The van der Waals surface area contributed by atoms with Gasteiger partial charge in [-0.25, -0.2) is 9.97 Å². The van der Waals surface area contributed by atoms with E-state index in [1.165, 1.54) is 48.5 Å². The second-order valence-electron chi connectivity index (χ2n) is 13.8. The largest absolute Gasteiger partial charge is 2.00 e. The van der Waals surface area contributed by atoms with Crippen LogP contribution in [0, 0.1) is 0 Å². The van der Waals surface area contributed by atoms with Crippen LogP contribution in [0.5, 0.6) is 0 Å². The third-order valence-electron chi connectivity index (χ3n) is 10.2. The van der Waals surface area contributed by atoms with Crippen molar-refractivity contribution in [3.63, 3.8) is 0 Å². The molecule has 0 fully saturated rings. The van der Waals surface area contributed by atoms with E-state index >= 15 is 0 Å². The smallest absolute Gasteiger partial charge is 0.657 e. The number of carboxylic acid groups (broad SMARTS) is 4. The number of hydrogen-bond donors (Lipinski definition) is 0. The Morgan fingerprint density at radius 2 is 0.541 bits per heavy atom. The Kier molecular flexibility index (Phi) is 10.4. The van der Waals surface area contributed by atoms with Crippen molar-refractivity contribution in [2.75, 3.05) is 0 Å². The summed E-state index contributed by atoms with van der Waals surface area (Å²) < 4.78 is 0. The monoisotopic (exact) mass is 843 g/mol. The molecule has 3 aromatic heterocycles. The number of fused-ring (bicyclic) bond motifs is 8. The van der Waals surface area contributed by atoms with Gasteiger partial charge in [0.05, 0.1) is 46.7 Å². The van der Waals surface area contributed by atoms with Crippen LogP contribution in [-0.2, 0) is 17.1 Å². The average Bonchev–Trinajstić information content (AvgIpc) is 4.10. The third kappa shape index (κ3) is 7.42. The molecule has 12 nitrogen and oxygen atoms in total. The van der Waals surface area contributed by atoms with Gasteiger partial charge in [-0.3, -0.25) is 0 Å². The van der Waals surface area contributed by atoms with Crippen molar-refractivity contribution in [2.24, 2.45) is 0 Å². The Hall–Kier alpha value is -8.12. The van der Waals surface area contributed by atoms with E-state index in [2.05, 4.69) is 0 Å². The summed E-state index contributed by atoms with van der Waals surface area (Å²) in [6, 6.07) is 31.8. The van der Waals surface area contributed by atoms with Gasteiger partial charge < -0.3 is 49.6 Å². The molecule has 5 heterocycles. The van der Waals surface area contributed by atoms with E-state index in [1.807, 2.05) is 0 Å². The molecule has 0 N–H and O–H groups in total. The molecule has 8 bridgehead atoms. The third-order valence-corrected chi connectivity index (χ3v) is 10.2. The van der Waals surface area contributed by atoms with Crippen LogP contribution in [0.15, 0.2) is 121 Å². The summed E-state index contributed by atoms with van der Waals surface area (Å²) in [6.07, 6.45) is 7.20. The van der Waals surface area contributed by atoms with Crippen LogP contribution in [0.3, 0.4) is 0 Å². The van der Waals surface area contributed by atoms with Gasteiger partial charge in [0.2, 0.25) is 0 Å². The fraction of sp³-hybridized carbons (Fsp3) is 0. The van der Waals surface area contributed by atoms with Crippen molar-refractivity contribution in [1.82, 2.24) is 19.9 Å². The van der Waals surface area contributed by atoms with E-state index in [0.29, 0.717) is 89.4 Å². The minimum Gasteiger partial charge on any atom is -0.657 e. The summed E-state index contributed by atoms with van der Waals surface area (Å²) >= 11 is 0. The molecular weight excluding hydrogens is 815 g/mol. The quantitative estimate of drug-likeness (QED) is 0.194. The molecule has 61 heavy (non-hydrogen) atoms. The van der Waals surface area contributed by atoms with E-state index in [4.69, 9.17) is 19.9 Å². The average molecular weight is 844 g/mol. The first-order chi connectivity index (χ1) is 29.0. The summed E-state index contributed by atoms with van der Waals surface area (Å²) in [7, 11) is 0. The van der Waals surface area contributed by atoms with Crippen LogP contribution in [0.1, 0.15) is 69.9 Å². The SMILES string of the molecule is O=C([O-])c1ccc(-c2c3nc(c(-c4ccc(C(=O)[O-])cc4)c4ccc([n-]4)c(-c4ccc(C(=O)[O-])cc4)c4nc(c(-c5ccc(C(=O)[O-])cc5)c5ccc2[n-]5)C=C4)C=C3)cc1.[H+].[H+].[H+].[H+].[Mn+2]. The van der Waals surface area contributed by atoms with Gasteiger partial charge in [0.15, 0.2) is 0 Å². The van der Waals surface area contributed by atoms with Crippen LogP contribution < -0.4 is 30.4 Å². The number of carbonyl (C=O) groups excluding carboxylic acids is 4. The molecule has 0 amide bonds. The second kappa shape index (κ2) is 15.9. The fourth-order valence-corrected chi connectivity index (χ4v) is 7.36. The van der Waals surface area contributed by atoms with Gasteiger partial charge in [0.1, 0.15) is 0 Å². The fourth-order valence-electron chi connectivity index (χ4n) is 7.36. The number of nitrogens with zero attached hydrogens (tertiary/aromatic N) is 4. The van der Waals surface area contributed by atoms with Crippen LogP contribution in [0.25, 0.3) is 90.9 Å². The van der Waals surface area contributed by atoms with Gasteiger partial charge in [-0.15, -0.1) is 22.1 Å². The maximum atomic E-state index is 11.7. The number of carboxylic acids is 4. The standard InChI is InChI=1S/C48H30N4O8.Mn/c53-45(54)29-9-1-25(2-10-29)41-33-17-19-35(49-33)42(26-3-11-30(12-4-26)46(55)56)37-21-23-39(51-37)44(28-7-15-32(16-8-28)48(59)60)40-24-22-38(52-40)43(36-20-18-34(41)50-36)27-5-13-31(14-6-27)47(57)58;/h1-24H,(H6,49,50,51,52,53,54,55,56,57,58,59,60);/q;+2/p-2. The van der Waals surface area contributed by atoms with E-state index < -0.39 is 23.9 Å². The molecule has 295 valence electrons. The van der Waals surface area contributed by atoms with Crippen molar-refractivity contribution in [3.05, 3.63) is 166 Å². The zero-order valence-electron chi connectivity index (χ0n) is 35.3. The van der Waals surface area contributed by atoms with Gasteiger partial charge in [0, 0.05) is 0 Å². The first-order valence-corrected chi connectivity index (χ1v) is 18.4. The van der Waals surface area contributed by atoms with Crippen molar-refractivity contribution in [1.29, 1.82) is 0 Å². The van der Waals surface area contributed by atoms with E-state index in [-0.39, 0.29) is 45.0 Å². The Morgan fingerprint density at radius 1 is 0.344 bits per heavy atom. The van der Waals surface area contributed by atoms with Crippen LogP contribution >= 0.6 is 0 Å². The number of aromatic nitrogens is 4. The van der Waals surface area contributed by atoms with Crippen molar-refractivity contribution in [2.45, 2.75) is 0 Å². The second-order valence-corrected chi connectivity index (χ2v) is 13.8. The predicted octanol–water partition coefficient (Wildman–Crippen LogP) is 4.48. The summed E-state index contributed by atoms with van der Waals surface area (Å²) in [5.74, 6) is -5.34. The maximum Gasteiger partial charge on any atom is 2.00 e. The minimum absolute atomic E-state index is 0. The molecule has 13 heteroatoms. The molecule has 0 unspecified atom stereocenters. The Labute approximate surface area is 362 Å². The van der Waals surface area contributed by atoms with Gasteiger partial charge in [0.25, 0.3) is 0 Å². The number of carbonyl (C=O) groups is 4. The Morgan fingerprint density at radius 3 is 0.721 bits per heavy atom. The molecule has 2 aliphatic rings. The number of hydrogen-bond acceptors (Lipinski definition) is 10. The summed E-state index contributed by atoms with van der Waals surface area (Å²) in [4.78, 5) is 67.2. The molecule has 2 aliphatic heterocycles. The first kappa shape index (κ1) is 39.7. The number of rotatable bonds is 8. The molecule has 9 rings (SSSR count). The molecule has 7 aromatic rings. The van der Waals surface area contributed by atoms with Gasteiger partial charge in [-0.1, -0.05) is 121 Å². The first-order valence-electron chi connectivity index (χ1n) is 18.4.